The Hall–Kier alpha value is -0.980. The van der Waals surface area contributed by atoms with Gasteiger partial charge in [0.25, 0.3) is 0 Å². The van der Waals surface area contributed by atoms with Gasteiger partial charge >= 0.3 is 0 Å². The van der Waals surface area contributed by atoms with Gasteiger partial charge in [-0.05, 0) is 32.5 Å². The van der Waals surface area contributed by atoms with Gasteiger partial charge in [0.15, 0.2) is 0 Å². The molecule has 1 heterocycles. The number of aryl methyl sites for hydroxylation is 1. The molecule has 1 unspecified atom stereocenters. The number of sulfonamides is 1. The normalized spacial score (nSPS) is 13.6. The quantitative estimate of drug-likeness (QED) is 0.774. The zero-order valence-corrected chi connectivity index (χ0v) is 11.2. The van der Waals surface area contributed by atoms with Crippen LogP contribution in [0.25, 0.3) is 0 Å². The van der Waals surface area contributed by atoms with E-state index < -0.39 is 15.3 Å². The van der Waals surface area contributed by atoms with Gasteiger partial charge in [0.05, 0.1) is 5.25 Å². The highest BCUT2D eigenvalue weighted by Crippen LogP contribution is 2.02. The van der Waals surface area contributed by atoms with Gasteiger partial charge in [-0.15, -0.1) is 0 Å². The average molecular weight is 257 g/mol. The van der Waals surface area contributed by atoms with Crippen LogP contribution in [0.5, 0.6) is 0 Å². The van der Waals surface area contributed by atoms with E-state index in [-0.39, 0.29) is 6.54 Å². The molecule has 0 saturated heterocycles. The molecule has 1 aromatic rings. The Balaban J connectivity index is 2.58. The summed E-state index contributed by atoms with van der Waals surface area (Å²) >= 11 is 0. The van der Waals surface area contributed by atoms with Gasteiger partial charge in [-0.25, -0.2) is 13.1 Å². The van der Waals surface area contributed by atoms with E-state index in [4.69, 9.17) is 0 Å². The molecule has 0 bridgehead atoms. The second-order valence-electron chi connectivity index (χ2n) is 4.04. The van der Waals surface area contributed by atoms with Crippen molar-refractivity contribution in [3.63, 3.8) is 0 Å². The first-order valence-corrected chi connectivity index (χ1v) is 7.05. The molecule has 1 rings (SSSR count). The molecular weight excluding hydrogens is 238 g/mol. The first-order valence-electron chi connectivity index (χ1n) is 5.50. The number of rotatable bonds is 6. The number of aromatic nitrogens is 1. The monoisotopic (exact) mass is 257 g/mol. The first-order chi connectivity index (χ1) is 7.95. The minimum atomic E-state index is -3.27. The molecule has 0 amide bonds. The fourth-order valence-electron chi connectivity index (χ4n) is 1.33. The van der Waals surface area contributed by atoms with Crippen molar-refractivity contribution in [1.82, 2.24) is 15.0 Å². The van der Waals surface area contributed by atoms with E-state index in [2.05, 4.69) is 15.0 Å². The highest BCUT2D eigenvalue weighted by atomic mass is 32.2. The zero-order chi connectivity index (χ0) is 12.9. The molecule has 5 nitrogen and oxygen atoms in total. The third-order valence-electron chi connectivity index (χ3n) is 2.47. The number of nitrogens with one attached hydrogen (secondary N) is 2. The molecule has 0 radical (unpaired) electrons. The maximum Gasteiger partial charge on any atom is 0.215 e. The lowest BCUT2D eigenvalue weighted by atomic mass is 10.2. The summed E-state index contributed by atoms with van der Waals surface area (Å²) in [4.78, 5) is 4.11. The molecule has 6 heteroatoms. The van der Waals surface area contributed by atoms with Crippen LogP contribution in [0.1, 0.15) is 18.2 Å². The molecule has 0 spiro atoms. The summed E-state index contributed by atoms with van der Waals surface area (Å²) in [5, 5.41) is 2.39. The first kappa shape index (κ1) is 14.1. The highest BCUT2D eigenvalue weighted by molar-refractivity contribution is 7.90. The molecular formula is C11H19N3O2S. The molecule has 17 heavy (non-hydrogen) atoms. The van der Waals surface area contributed by atoms with Crippen molar-refractivity contribution >= 4 is 10.0 Å². The summed E-state index contributed by atoms with van der Waals surface area (Å²) in [7, 11) is -1.54. The summed E-state index contributed by atoms with van der Waals surface area (Å²) < 4.78 is 26.1. The Morgan fingerprint density at radius 1 is 1.41 bits per heavy atom. The van der Waals surface area contributed by atoms with Crippen LogP contribution >= 0.6 is 0 Å². The van der Waals surface area contributed by atoms with Crippen LogP contribution in [0.3, 0.4) is 0 Å². The summed E-state index contributed by atoms with van der Waals surface area (Å²) in [5.74, 6) is 0. The smallest absolute Gasteiger partial charge is 0.215 e. The second kappa shape index (κ2) is 6.09. The van der Waals surface area contributed by atoms with Crippen LogP contribution in [-0.2, 0) is 16.6 Å². The summed E-state index contributed by atoms with van der Waals surface area (Å²) in [6, 6.07) is 3.73. The van der Waals surface area contributed by atoms with Crippen molar-refractivity contribution in [3.05, 3.63) is 29.6 Å². The Labute approximate surface area is 103 Å². The van der Waals surface area contributed by atoms with Gasteiger partial charge < -0.3 is 5.32 Å². The van der Waals surface area contributed by atoms with Crippen molar-refractivity contribution in [2.45, 2.75) is 25.6 Å². The van der Waals surface area contributed by atoms with E-state index in [1.54, 1.807) is 20.2 Å². The van der Waals surface area contributed by atoms with E-state index in [9.17, 15) is 8.42 Å². The number of hydrogen-bond acceptors (Lipinski definition) is 4. The largest absolute Gasteiger partial charge is 0.318 e. The average Bonchev–Trinajstić information content (AvgIpc) is 2.29. The van der Waals surface area contributed by atoms with Crippen LogP contribution in [0.2, 0.25) is 0 Å². The zero-order valence-electron chi connectivity index (χ0n) is 10.4. The van der Waals surface area contributed by atoms with E-state index in [0.717, 1.165) is 11.3 Å². The van der Waals surface area contributed by atoms with Crippen molar-refractivity contribution in [2.24, 2.45) is 0 Å². The van der Waals surface area contributed by atoms with Gasteiger partial charge in [-0.2, -0.15) is 0 Å². The predicted molar refractivity (Wildman–Crippen MR) is 68.1 cm³/mol. The van der Waals surface area contributed by atoms with Gasteiger partial charge in [0, 0.05) is 25.0 Å². The van der Waals surface area contributed by atoms with Crippen LogP contribution < -0.4 is 10.0 Å². The molecule has 0 aromatic carbocycles. The Morgan fingerprint density at radius 2 is 2.12 bits per heavy atom. The molecule has 0 saturated carbocycles. The number of nitrogens with zero attached hydrogens (tertiary/aromatic N) is 1. The third-order valence-corrected chi connectivity index (χ3v) is 4.24. The predicted octanol–water partition coefficient (Wildman–Crippen LogP) is 0.417. The van der Waals surface area contributed by atoms with Crippen molar-refractivity contribution in [2.75, 3.05) is 13.6 Å². The summed E-state index contributed by atoms with van der Waals surface area (Å²) in [6.07, 6.45) is 1.68. The molecule has 96 valence electrons. The molecule has 1 atom stereocenters. The molecule has 0 aliphatic heterocycles. The summed E-state index contributed by atoms with van der Waals surface area (Å²) in [6.45, 7) is 4.28. The number of pyridine rings is 1. The molecule has 0 aliphatic carbocycles. The van der Waals surface area contributed by atoms with E-state index in [0.29, 0.717) is 6.54 Å². The van der Waals surface area contributed by atoms with Crippen LogP contribution in [0.4, 0.5) is 0 Å². The van der Waals surface area contributed by atoms with E-state index >= 15 is 0 Å². The molecule has 0 aliphatic rings. The fourth-order valence-corrected chi connectivity index (χ4v) is 2.36. The Morgan fingerprint density at radius 3 is 2.65 bits per heavy atom. The van der Waals surface area contributed by atoms with Crippen molar-refractivity contribution < 1.29 is 8.42 Å². The van der Waals surface area contributed by atoms with E-state index in [1.165, 1.54) is 0 Å². The van der Waals surface area contributed by atoms with Gasteiger partial charge in [0.1, 0.15) is 0 Å². The maximum atomic E-state index is 11.8. The fraction of sp³-hybridized carbons (Fsp3) is 0.545. The SMILES string of the molecule is CNCC(C)S(=O)(=O)NCc1ccc(C)nc1. The Bertz CT molecular complexity index is 442. The van der Waals surface area contributed by atoms with Gasteiger partial charge in [-0.3, -0.25) is 4.98 Å². The minimum absolute atomic E-state index is 0.281. The summed E-state index contributed by atoms with van der Waals surface area (Å²) in [5.41, 5.74) is 1.77. The van der Waals surface area contributed by atoms with Crippen LogP contribution in [-0.4, -0.2) is 32.2 Å². The van der Waals surface area contributed by atoms with E-state index in [1.807, 2.05) is 19.1 Å². The lowest BCUT2D eigenvalue weighted by molar-refractivity contribution is 0.563. The van der Waals surface area contributed by atoms with Crippen molar-refractivity contribution in [3.8, 4) is 0 Å². The second-order valence-corrected chi connectivity index (χ2v) is 6.23. The standard InChI is InChI=1S/C11H19N3O2S/c1-9-4-5-11(7-13-9)8-14-17(15,16)10(2)6-12-3/h4-5,7,10,12,14H,6,8H2,1-3H3. The molecule has 1 aromatic heterocycles. The molecule has 2 N–H and O–H groups in total. The van der Waals surface area contributed by atoms with Gasteiger partial charge in [0.2, 0.25) is 10.0 Å². The Kier molecular flexibility index (Phi) is 5.04. The van der Waals surface area contributed by atoms with Crippen LogP contribution in [0, 0.1) is 6.92 Å². The number of hydrogen-bond donors (Lipinski definition) is 2. The van der Waals surface area contributed by atoms with Crippen LogP contribution in [0.15, 0.2) is 18.3 Å². The topological polar surface area (TPSA) is 71.1 Å². The van der Waals surface area contributed by atoms with Gasteiger partial charge in [-0.1, -0.05) is 6.07 Å². The highest BCUT2D eigenvalue weighted by Gasteiger charge is 2.19. The van der Waals surface area contributed by atoms with Crippen molar-refractivity contribution in [1.29, 1.82) is 0 Å². The lowest BCUT2D eigenvalue weighted by Gasteiger charge is -2.13. The minimum Gasteiger partial charge on any atom is -0.318 e. The molecule has 0 fully saturated rings. The lowest BCUT2D eigenvalue weighted by Crippen LogP contribution is -2.37. The maximum absolute atomic E-state index is 11.8. The third kappa shape index (κ3) is 4.41.